The predicted molar refractivity (Wildman–Crippen MR) is 69.1 cm³/mol. The highest BCUT2D eigenvalue weighted by Crippen LogP contribution is 2.14. The van der Waals surface area contributed by atoms with Crippen LogP contribution in [0.25, 0.3) is 5.65 Å². The summed E-state index contributed by atoms with van der Waals surface area (Å²) in [6, 6.07) is 6.12. The highest BCUT2D eigenvalue weighted by molar-refractivity contribution is 5.31. The summed E-state index contributed by atoms with van der Waals surface area (Å²) in [6.45, 7) is 0.382. The van der Waals surface area contributed by atoms with E-state index >= 15 is 0 Å². The van der Waals surface area contributed by atoms with E-state index in [0.717, 1.165) is 0 Å². The van der Waals surface area contributed by atoms with E-state index in [9.17, 15) is 9.18 Å². The number of halogens is 1. The zero-order valence-corrected chi connectivity index (χ0v) is 10.4. The maximum atomic E-state index is 13.3. The fourth-order valence-electron chi connectivity index (χ4n) is 1.83. The van der Waals surface area contributed by atoms with Crippen molar-refractivity contribution in [3.63, 3.8) is 0 Å². The number of para-hydroxylation sites is 1. The molecule has 0 saturated carbocycles. The molecule has 0 N–H and O–H groups in total. The van der Waals surface area contributed by atoms with Crippen LogP contribution in [-0.2, 0) is 6.54 Å². The van der Waals surface area contributed by atoms with Gasteiger partial charge < -0.3 is 4.74 Å². The largest absolute Gasteiger partial charge is 0.489 e. The number of fused-ring (bicyclic) bond motifs is 1. The molecular weight excluding hydrogens is 263 g/mol. The first kappa shape index (κ1) is 12.3. The first-order chi connectivity index (χ1) is 9.75. The first-order valence-electron chi connectivity index (χ1n) is 6.02. The van der Waals surface area contributed by atoms with Crippen LogP contribution in [0.4, 0.5) is 4.39 Å². The van der Waals surface area contributed by atoms with Crippen molar-refractivity contribution in [1.29, 1.82) is 0 Å². The Morgan fingerprint density at radius 3 is 2.95 bits per heavy atom. The van der Waals surface area contributed by atoms with E-state index in [1.165, 1.54) is 33.6 Å². The lowest BCUT2D eigenvalue weighted by Crippen LogP contribution is -2.24. The molecule has 102 valence electrons. The number of rotatable bonds is 4. The molecule has 0 spiro atoms. The summed E-state index contributed by atoms with van der Waals surface area (Å²) in [5.41, 5.74) is 0.183. The van der Waals surface area contributed by atoms with Crippen LogP contribution >= 0.6 is 0 Å². The lowest BCUT2D eigenvalue weighted by Gasteiger charge is -2.05. The van der Waals surface area contributed by atoms with E-state index in [0.29, 0.717) is 5.65 Å². The monoisotopic (exact) mass is 274 g/mol. The molecule has 3 aromatic rings. The molecule has 6 nitrogen and oxygen atoms in total. The Kier molecular flexibility index (Phi) is 3.16. The second-order valence-corrected chi connectivity index (χ2v) is 4.09. The minimum atomic E-state index is -0.431. The van der Waals surface area contributed by atoms with Crippen molar-refractivity contribution in [2.75, 3.05) is 6.61 Å². The molecular formula is C13H11FN4O2. The van der Waals surface area contributed by atoms with Gasteiger partial charge in [-0.25, -0.2) is 18.3 Å². The second-order valence-electron chi connectivity index (χ2n) is 4.09. The average molecular weight is 274 g/mol. The van der Waals surface area contributed by atoms with Gasteiger partial charge in [0, 0.05) is 12.4 Å². The Morgan fingerprint density at radius 2 is 2.15 bits per heavy atom. The average Bonchev–Trinajstić information content (AvgIpc) is 2.78. The zero-order chi connectivity index (χ0) is 13.9. The third-order valence-corrected chi connectivity index (χ3v) is 2.79. The Balaban J connectivity index is 1.73. The van der Waals surface area contributed by atoms with Gasteiger partial charge in [0.15, 0.2) is 17.2 Å². The van der Waals surface area contributed by atoms with Crippen LogP contribution < -0.4 is 10.4 Å². The quantitative estimate of drug-likeness (QED) is 0.715. The Bertz CT molecular complexity index is 796. The van der Waals surface area contributed by atoms with Gasteiger partial charge in [-0.15, -0.1) is 5.10 Å². The summed E-state index contributed by atoms with van der Waals surface area (Å²) in [5.74, 6) is -0.273. The van der Waals surface area contributed by atoms with Crippen LogP contribution in [0.5, 0.6) is 5.75 Å². The maximum absolute atomic E-state index is 13.3. The van der Waals surface area contributed by atoms with Gasteiger partial charge >= 0.3 is 5.69 Å². The normalized spacial score (nSPS) is 10.8. The molecule has 0 aliphatic rings. The molecule has 2 heterocycles. The van der Waals surface area contributed by atoms with Gasteiger partial charge in [-0.3, -0.25) is 4.98 Å². The molecule has 0 saturated heterocycles. The van der Waals surface area contributed by atoms with Crippen LogP contribution in [0.15, 0.2) is 47.7 Å². The summed E-state index contributed by atoms with van der Waals surface area (Å²) in [7, 11) is 0. The predicted octanol–water partition coefficient (Wildman–Crippen LogP) is 1.11. The van der Waals surface area contributed by atoms with E-state index in [4.69, 9.17) is 4.74 Å². The first-order valence-corrected chi connectivity index (χ1v) is 6.02. The third kappa shape index (κ3) is 2.25. The van der Waals surface area contributed by atoms with E-state index < -0.39 is 5.82 Å². The lowest BCUT2D eigenvalue weighted by atomic mass is 10.3. The van der Waals surface area contributed by atoms with Crippen molar-refractivity contribution in [3.05, 3.63) is 59.2 Å². The van der Waals surface area contributed by atoms with Crippen LogP contribution in [0, 0.1) is 5.82 Å². The summed E-state index contributed by atoms with van der Waals surface area (Å²) in [6.07, 6.45) is 4.55. The summed E-state index contributed by atoms with van der Waals surface area (Å²) in [5, 5.41) is 4.10. The number of aromatic nitrogens is 4. The van der Waals surface area contributed by atoms with Crippen molar-refractivity contribution in [2.24, 2.45) is 0 Å². The van der Waals surface area contributed by atoms with Crippen LogP contribution in [0.2, 0.25) is 0 Å². The molecule has 3 rings (SSSR count). The molecule has 0 amide bonds. The van der Waals surface area contributed by atoms with Gasteiger partial charge in [0.1, 0.15) is 6.61 Å². The summed E-state index contributed by atoms with van der Waals surface area (Å²) < 4.78 is 21.3. The Morgan fingerprint density at radius 1 is 1.30 bits per heavy atom. The van der Waals surface area contributed by atoms with Crippen molar-refractivity contribution in [2.45, 2.75) is 6.54 Å². The second kappa shape index (κ2) is 5.12. The molecule has 20 heavy (non-hydrogen) atoms. The van der Waals surface area contributed by atoms with E-state index in [1.807, 2.05) is 0 Å². The number of ether oxygens (including phenoxy) is 1. The summed E-state index contributed by atoms with van der Waals surface area (Å²) >= 11 is 0. The highest BCUT2D eigenvalue weighted by Gasteiger charge is 2.07. The van der Waals surface area contributed by atoms with Crippen molar-refractivity contribution < 1.29 is 9.13 Å². The molecule has 0 radical (unpaired) electrons. The standard InChI is InChI=1S/C13H11FN4O2/c14-10-3-1-2-4-11(10)20-8-7-18-13(19)17-6-5-15-9-12(17)16-18/h1-6,9H,7-8H2. The van der Waals surface area contributed by atoms with Gasteiger partial charge in [-0.2, -0.15) is 0 Å². The lowest BCUT2D eigenvalue weighted by molar-refractivity contribution is 0.276. The molecule has 7 heteroatoms. The van der Waals surface area contributed by atoms with Crippen LogP contribution in [0.1, 0.15) is 0 Å². The van der Waals surface area contributed by atoms with Crippen molar-refractivity contribution in [3.8, 4) is 5.75 Å². The van der Waals surface area contributed by atoms with Gasteiger partial charge in [-0.05, 0) is 12.1 Å². The minimum Gasteiger partial charge on any atom is -0.489 e. The van der Waals surface area contributed by atoms with Gasteiger partial charge in [-0.1, -0.05) is 12.1 Å². The number of hydrogen-bond donors (Lipinski definition) is 0. The molecule has 0 bridgehead atoms. The van der Waals surface area contributed by atoms with Crippen LogP contribution in [0.3, 0.4) is 0 Å². The van der Waals surface area contributed by atoms with Gasteiger partial charge in [0.25, 0.3) is 0 Å². The smallest absolute Gasteiger partial charge is 0.350 e. The maximum Gasteiger partial charge on any atom is 0.350 e. The number of nitrogens with zero attached hydrogens (tertiary/aromatic N) is 4. The summed E-state index contributed by atoms with van der Waals surface area (Å²) in [4.78, 5) is 15.8. The number of benzene rings is 1. The van der Waals surface area contributed by atoms with Crippen molar-refractivity contribution in [1.82, 2.24) is 19.2 Å². The molecule has 1 aromatic carbocycles. The van der Waals surface area contributed by atoms with E-state index in [1.54, 1.807) is 18.3 Å². The fraction of sp³-hybridized carbons (Fsp3) is 0.154. The molecule has 2 aromatic heterocycles. The molecule has 0 atom stereocenters. The van der Waals surface area contributed by atoms with E-state index in [2.05, 4.69) is 10.1 Å². The Labute approximate surface area is 113 Å². The molecule has 0 fully saturated rings. The van der Waals surface area contributed by atoms with Gasteiger partial charge in [0.2, 0.25) is 0 Å². The van der Waals surface area contributed by atoms with Crippen LogP contribution in [-0.4, -0.2) is 25.8 Å². The minimum absolute atomic E-state index is 0.151. The molecule has 0 aliphatic heterocycles. The van der Waals surface area contributed by atoms with Gasteiger partial charge in [0.05, 0.1) is 12.7 Å². The SMILES string of the molecule is O=c1n(CCOc2ccccc2F)nc2cnccn12. The zero-order valence-electron chi connectivity index (χ0n) is 10.4. The Hall–Kier alpha value is -2.70. The molecule has 0 unspecified atom stereocenters. The highest BCUT2D eigenvalue weighted by atomic mass is 19.1. The third-order valence-electron chi connectivity index (χ3n) is 2.79. The topological polar surface area (TPSA) is 61.4 Å². The molecule has 0 aliphatic carbocycles. The number of hydrogen-bond acceptors (Lipinski definition) is 4. The van der Waals surface area contributed by atoms with Crippen molar-refractivity contribution >= 4 is 5.65 Å². The van der Waals surface area contributed by atoms with E-state index in [-0.39, 0.29) is 24.6 Å². The fourth-order valence-corrected chi connectivity index (χ4v) is 1.83.